The third-order valence-electron chi connectivity index (χ3n) is 2.94. The van der Waals surface area contributed by atoms with Crippen molar-refractivity contribution in [3.05, 3.63) is 52.7 Å². The number of carbonyl (C=O) groups excluding carboxylic acids is 1. The number of aromatic nitrogens is 1. The van der Waals surface area contributed by atoms with Crippen molar-refractivity contribution in [3.63, 3.8) is 0 Å². The van der Waals surface area contributed by atoms with Gasteiger partial charge < -0.3 is 14.8 Å². The maximum absolute atomic E-state index is 12.0. The van der Waals surface area contributed by atoms with Crippen LogP contribution in [0.15, 0.2) is 36.5 Å². The highest BCUT2D eigenvalue weighted by molar-refractivity contribution is 6.30. The van der Waals surface area contributed by atoms with Gasteiger partial charge in [-0.1, -0.05) is 11.6 Å². The molecule has 0 aliphatic rings. The summed E-state index contributed by atoms with van der Waals surface area (Å²) in [4.78, 5) is 16.1. The van der Waals surface area contributed by atoms with Crippen molar-refractivity contribution >= 4 is 23.4 Å². The molecule has 0 unspecified atom stereocenters. The van der Waals surface area contributed by atoms with E-state index in [1.807, 2.05) is 6.07 Å². The summed E-state index contributed by atoms with van der Waals surface area (Å²) in [7, 11) is 1.45. The minimum atomic E-state index is -0.512. The number of esters is 1. The Morgan fingerprint density at radius 3 is 3.00 bits per heavy atom. The van der Waals surface area contributed by atoms with Gasteiger partial charge >= 0.3 is 5.97 Å². The first-order valence-electron chi connectivity index (χ1n) is 6.75. The molecule has 0 atom stereocenters. The van der Waals surface area contributed by atoms with E-state index < -0.39 is 5.97 Å². The third-order valence-corrected chi connectivity index (χ3v) is 3.17. The first-order valence-corrected chi connectivity index (χ1v) is 7.13. The predicted octanol–water partition coefficient (Wildman–Crippen LogP) is 2.88. The first kappa shape index (κ1) is 16.6. The number of methoxy groups -OCH3 is 1. The van der Waals surface area contributed by atoms with E-state index in [1.54, 1.807) is 36.5 Å². The molecule has 1 N–H and O–H groups in total. The summed E-state index contributed by atoms with van der Waals surface area (Å²) in [6.45, 7) is 0.444. The summed E-state index contributed by atoms with van der Waals surface area (Å²) in [5.41, 5.74) is 0.727. The average molecular weight is 332 g/mol. The summed E-state index contributed by atoms with van der Waals surface area (Å²) in [6.07, 6.45) is 1.58. The van der Waals surface area contributed by atoms with Crippen molar-refractivity contribution in [2.75, 3.05) is 25.6 Å². The number of hydrogen-bond acceptors (Lipinski definition) is 6. The van der Waals surface area contributed by atoms with E-state index in [9.17, 15) is 4.79 Å². The molecule has 7 heteroatoms. The highest BCUT2D eigenvalue weighted by atomic mass is 35.5. The van der Waals surface area contributed by atoms with Gasteiger partial charge in [0.1, 0.15) is 29.8 Å². The van der Waals surface area contributed by atoms with Crippen LogP contribution in [0.1, 0.15) is 15.9 Å². The van der Waals surface area contributed by atoms with Gasteiger partial charge in [0.2, 0.25) is 0 Å². The second-order valence-electron chi connectivity index (χ2n) is 4.42. The van der Waals surface area contributed by atoms with Crippen LogP contribution in [0.4, 0.5) is 5.82 Å². The maximum atomic E-state index is 12.0. The lowest BCUT2D eigenvalue weighted by Gasteiger charge is -2.10. The molecule has 0 amide bonds. The second-order valence-corrected chi connectivity index (χ2v) is 4.86. The van der Waals surface area contributed by atoms with Crippen LogP contribution in [-0.2, 0) is 4.74 Å². The number of halogens is 1. The Bertz CT molecular complexity index is 744. The standard InChI is InChI=1S/C16H14ClN3O3/c1-22-14-9-12(17)4-5-13(14)16(21)23-8-7-20-15-11(10-18)3-2-6-19-15/h2-6,9H,7-8H2,1H3,(H,19,20). The summed E-state index contributed by atoms with van der Waals surface area (Å²) in [5, 5.41) is 12.4. The molecule has 118 valence electrons. The van der Waals surface area contributed by atoms with Crippen LogP contribution in [0.3, 0.4) is 0 Å². The zero-order valence-corrected chi connectivity index (χ0v) is 13.1. The van der Waals surface area contributed by atoms with Crippen molar-refractivity contribution in [1.29, 1.82) is 5.26 Å². The van der Waals surface area contributed by atoms with Crippen LogP contribution < -0.4 is 10.1 Å². The van der Waals surface area contributed by atoms with E-state index in [2.05, 4.69) is 10.3 Å². The maximum Gasteiger partial charge on any atom is 0.341 e. The fourth-order valence-corrected chi connectivity index (χ4v) is 2.02. The highest BCUT2D eigenvalue weighted by Crippen LogP contribution is 2.23. The van der Waals surface area contributed by atoms with Crippen LogP contribution >= 0.6 is 11.6 Å². The van der Waals surface area contributed by atoms with Crippen molar-refractivity contribution in [2.45, 2.75) is 0 Å². The zero-order valence-electron chi connectivity index (χ0n) is 12.4. The molecule has 0 saturated carbocycles. The first-order chi connectivity index (χ1) is 11.2. The van der Waals surface area contributed by atoms with Gasteiger partial charge in [-0.2, -0.15) is 5.26 Å². The highest BCUT2D eigenvalue weighted by Gasteiger charge is 2.14. The number of benzene rings is 1. The van der Waals surface area contributed by atoms with E-state index in [0.717, 1.165) is 0 Å². The molecule has 0 spiro atoms. The molecule has 0 fully saturated rings. The molecule has 1 heterocycles. The van der Waals surface area contributed by atoms with E-state index in [1.165, 1.54) is 7.11 Å². The van der Waals surface area contributed by atoms with E-state index in [4.69, 9.17) is 26.3 Å². The molecular formula is C16H14ClN3O3. The Morgan fingerprint density at radius 1 is 1.43 bits per heavy atom. The van der Waals surface area contributed by atoms with Gasteiger partial charge in [0.25, 0.3) is 0 Å². The SMILES string of the molecule is COc1cc(Cl)ccc1C(=O)OCCNc1ncccc1C#N. The predicted molar refractivity (Wildman–Crippen MR) is 85.7 cm³/mol. The van der Waals surface area contributed by atoms with Crippen LogP contribution in [0.2, 0.25) is 5.02 Å². The van der Waals surface area contributed by atoms with Crippen molar-refractivity contribution in [2.24, 2.45) is 0 Å². The number of nitrogens with one attached hydrogen (secondary N) is 1. The summed E-state index contributed by atoms with van der Waals surface area (Å²) >= 11 is 5.85. The molecule has 0 bridgehead atoms. The van der Waals surface area contributed by atoms with Crippen LogP contribution in [-0.4, -0.2) is 31.2 Å². The van der Waals surface area contributed by atoms with Gasteiger partial charge in [-0.05, 0) is 30.3 Å². The van der Waals surface area contributed by atoms with Gasteiger partial charge in [0.05, 0.1) is 19.2 Å². The smallest absolute Gasteiger partial charge is 0.341 e. The molecule has 0 aliphatic heterocycles. The lowest BCUT2D eigenvalue weighted by atomic mass is 10.2. The largest absolute Gasteiger partial charge is 0.496 e. The normalized spacial score (nSPS) is 9.78. The third kappa shape index (κ3) is 4.34. The number of hydrogen-bond donors (Lipinski definition) is 1. The number of carbonyl (C=O) groups is 1. The second kappa shape index (κ2) is 8.01. The molecule has 23 heavy (non-hydrogen) atoms. The Hall–Kier alpha value is -2.78. The quantitative estimate of drug-likeness (QED) is 0.647. The number of nitrogens with zero attached hydrogens (tertiary/aromatic N) is 2. The molecule has 0 saturated heterocycles. The van der Waals surface area contributed by atoms with Gasteiger partial charge in [-0.25, -0.2) is 9.78 Å². The number of ether oxygens (including phenoxy) is 2. The Balaban J connectivity index is 1.89. The lowest BCUT2D eigenvalue weighted by molar-refractivity contribution is 0.0517. The molecule has 6 nitrogen and oxygen atoms in total. The molecule has 0 aliphatic carbocycles. The van der Waals surface area contributed by atoms with Gasteiger partial charge in [-0.3, -0.25) is 0 Å². The summed E-state index contributed by atoms with van der Waals surface area (Å²) in [6, 6.07) is 10.0. The zero-order chi connectivity index (χ0) is 16.7. The number of anilines is 1. The number of rotatable bonds is 6. The van der Waals surface area contributed by atoms with Crippen molar-refractivity contribution < 1.29 is 14.3 Å². The fourth-order valence-electron chi connectivity index (χ4n) is 1.86. The summed E-state index contributed by atoms with van der Waals surface area (Å²) in [5.74, 6) is 0.295. The number of pyridine rings is 1. The molecule has 1 aromatic carbocycles. The number of nitriles is 1. The molecular weight excluding hydrogens is 318 g/mol. The molecule has 2 aromatic rings. The van der Waals surface area contributed by atoms with Gasteiger partial charge in [0.15, 0.2) is 0 Å². The Labute approximate surface area is 138 Å². The topological polar surface area (TPSA) is 84.2 Å². The monoisotopic (exact) mass is 331 g/mol. The Kier molecular flexibility index (Phi) is 5.78. The van der Waals surface area contributed by atoms with Crippen molar-refractivity contribution in [3.8, 4) is 11.8 Å². The lowest BCUT2D eigenvalue weighted by Crippen LogP contribution is -2.15. The van der Waals surface area contributed by atoms with Gasteiger partial charge in [0, 0.05) is 11.2 Å². The van der Waals surface area contributed by atoms with Crippen LogP contribution in [0.25, 0.3) is 0 Å². The minimum Gasteiger partial charge on any atom is -0.496 e. The van der Waals surface area contributed by atoms with E-state index in [0.29, 0.717) is 34.3 Å². The van der Waals surface area contributed by atoms with E-state index >= 15 is 0 Å². The van der Waals surface area contributed by atoms with Crippen LogP contribution in [0.5, 0.6) is 5.75 Å². The van der Waals surface area contributed by atoms with Gasteiger partial charge in [-0.15, -0.1) is 0 Å². The minimum absolute atomic E-state index is 0.117. The fraction of sp³-hybridized carbons (Fsp3) is 0.188. The molecule has 0 radical (unpaired) electrons. The Morgan fingerprint density at radius 2 is 2.26 bits per heavy atom. The molecule has 1 aromatic heterocycles. The van der Waals surface area contributed by atoms with E-state index in [-0.39, 0.29) is 6.61 Å². The van der Waals surface area contributed by atoms with Crippen LogP contribution in [0, 0.1) is 11.3 Å². The van der Waals surface area contributed by atoms with Crippen molar-refractivity contribution in [1.82, 2.24) is 4.98 Å². The summed E-state index contributed by atoms with van der Waals surface area (Å²) < 4.78 is 10.3. The molecule has 2 rings (SSSR count). The average Bonchev–Trinajstić information content (AvgIpc) is 2.58.